The molecular weight excluding hydrogens is 418 g/mol. The van der Waals surface area contributed by atoms with Crippen molar-refractivity contribution in [2.45, 2.75) is 6.54 Å². The zero-order valence-electron chi connectivity index (χ0n) is 14.8. The van der Waals surface area contributed by atoms with Crippen molar-refractivity contribution in [3.8, 4) is 0 Å². The van der Waals surface area contributed by atoms with Crippen LogP contribution in [0.3, 0.4) is 0 Å². The van der Waals surface area contributed by atoms with E-state index in [0.717, 1.165) is 10.0 Å². The summed E-state index contributed by atoms with van der Waals surface area (Å²) in [5, 5.41) is 10.0. The molecule has 0 saturated heterocycles. The van der Waals surface area contributed by atoms with E-state index in [2.05, 4.69) is 15.9 Å². The SMILES string of the molecule is O=C(O)C(=C1c2ccccc2C(=O)N1Cc1ccccc1)c1ccc(Br)cc1. The van der Waals surface area contributed by atoms with Crippen LogP contribution in [0, 0.1) is 0 Å². The minimum Gasteiger partial charge on any atom is -0.478 e. The van der Waals surface area contributed by atoms with Crippen LogP contribution in [0.15, 0.2) is 83.3 Å². The molecule has 3 aromatic carbocycles. The van der Waals surface area contributed by atoms with Crippen LogP contribution >= 0.6 is 15.9 Å². The monoisotopic (exact) mass is 433 g/mol. The molecule has 0 radical (unpaired) electrons. The fourth-order valence-electron chi connectivity index (χ4n) is 3.43. The Balaban J connectivity index is 1.94. The third-order valence-corrected chi connectivity index (χ3v) is 5.22. The van der Waals surface area contributed by atoms with E-state index >= 15 is 0 Å². The van der Waals surface area contributed by atoms with Gasteiger partial charge >= 0.3 is 5.97 Å². The van der Waals surface area contributed by atoms with Crippen molar-refractivity contribution >= 4 is 39.1 Å². The van der Waals surface area contributed by atoms with Gasteiger partial charge in [-0.25, -0.2) is 4.79 Å². The van der Waals surface area contributed by atoms with Crippen LogP contribution in [0.1, 0.15) is 27.0 Å². The van der Waals surface area contributed by atoms with Crippen molar-refractivity contribution in [3.63, 3.8) is 0 Å². The van der Waals surface area contributed by atoms with Crippen LogP contribution in [0.2, 0.25) is 0 Å². The van der Waals surface area contributed by atoms with Gasteiger partial charge in [0.25, 0.3) is 5.91 Å². The maximum Gasteiger partial charge on any atom is 0.338 e. The number of benzene rings is 3. The molecule has 4 rings (SSSR count). The first-order chi connectivity index (χ1) is 13.6. The summed E-state index contributed by atoms with van der Waals surface area (Å²) in [5.74, 6) is -1.26. The number of halogens is 1. The van der Waals surface area contributed by atoms with Crippen molar-refractivity contribution in [1.29, 1.82) is 0 Å². The molecule has 0 aromatic heterocycles. The summed E-state index contributed by atoms with van der Waals surface area (Å²) in [7, 11) is 0. The maximum atomic E-state index is 13.1. The standard InChI is InChI=1S/C23H16BrNO3/c24-17-12-10-16(11-13-17)20(23(27)28)21-18-8-4-5-9-19(18)22(26)25(21)14-15-6-2-1-3-7-15/h1-13H,14H2,(H,27,28). The van der Waals surface area contributed by atoms with Gasteiger partial charge in [-0.3, -0.25) is 4.79 Å². The Kier molecular flexibility index (Phi) is 4.84. The van der Waals surface area contributed by atoms with Crippen LogP contribution in [0.5, 0.6) is 0 Å². The van der Waals surface area contributed by atoms with Crippen LogP contribution in [0.25, 0.3) is 11.3 Å². The lowest BCUT2D eigenvalue weighted by Crippen LogP contribution is -2.24. The number of carbonyl (C=O) groups is 2. The Morgan fingerprint density at radius 2 is 1.46 bits per heavy atom. The fourth-order valence-corrected chi connectivity index (χ4v) is 3.70. The van der Waals surface area contributed by atoms with Crippen molar-refractivity contribution in [2.75, 3.05) is 0 Å². The van der Waals surface area contributed by atoms with Crippen LogP contribution < -0.4 is 0 Å². The van der Waals surface area contributed by atoms with Crippen molar-refractivity contribution < 1.29 is 14.7 Å². The lowest BCUT2D eigenvalue weighted by Gasteiger charge is -2.21. The zero-order chi connectivity index (χ0) is 19.7. The van der Waals surface area contributed by atoms with Gasteiger partial charge in [0.2, 0.25) is 0 Å². The number of nitrogens with zero attached hydrogens (tertiary/aromatic N) is 1. The average molecular weight is 434 g/mol. The summed E-state index contributed by atoms with van der Waals surface area (Å²) in [6.07, 6.45) is 0. The number of hydrogen-bond acceptors (Lipinski definition) is 2. The van der Waals surface area contributed by atoms with E-state index in [1.165, 1.54) is 0 Å². The summed E-state index contributed by atoms with van der Waals surface area (Å²) >= 11 is 3.38. The molecule has 0 spiro atoms. The van der Waals surface area contributed by atoms with Gasteiger partial charge in [-0.2, -0.15) is 0 Å². The number of carbonyl (C=O) groups excluding carboxylic acids is 1. The van der Waals surface area contributed by atoms with E-state index in [-0.39, 0.29) is 11.5 Å². The number of aliphatic carboxylic acids is 1. The molecule has 0 unspecified atom stereocenters. The largest absolute Gasteiger partial charge is 0.478 e. The summed E-state index contributed by atoms with van der Waals surface area (Å²) in [4.78, 5) is 27.0. The Labute approximate surface area is 170 Å². The molecule has 1 amide bonds. The highest BCUT2D eigenvalue weighted by Gasteiger charge is 2.36. The Morgan fingerprint density at radius 1 is 0.857 bits per heavy atom. The van der Waals surface area contributed by atoms with Gasteiger partial charge in [0.1, 0.15) is 0 Å². The molecular formula is C23H16BrNO3. The normalized spacial score (nSPS) is 14.8. The Hall–Kier alpha value is -3.18. The highest BCUT2D eigenvalue weighted by molar-refractivity contribution is 9.10. The van der Waals surface area contributed by atoms with Crippen LogP contribution in [-0.4, -0.2) is 21.9 Å². The number of carboxylic acid groups (broad SMARTS) is 1. The molecule has 0 aliphatic carbocycles. The summed E-state index contributed by atoms with van der Waals surface area (Å²) in [5.41, 5.74) is 3.18. The molecule has 1 aliphatic heterocycles. The van der Waals surface area contributed by atoms with Gasteiger partial charge in [0.15, 0.2) is 0 Å². The van der Waals surface area contributed by atoms with Gasteiger partial charge in [-0.1, -0.05) is 76.6 Å². The molecule has 1 heterocycles. The predicted octanol–water partition coefficient (Wildman–Crippen LogP) is 5.06. The van der Waals surface area contributed by atoms with E-state index in [4.69, 9.17) is 0 Å². The van der Waals surface area contributed by atoms with Crippen molar-refractivity contribution in [3.05, 3.63) is 106 Å². The summed E-state index contributed by atoms with van der Waals surface area (Å²) in [6.45, 7) is 0.303. The first-order valence-electron chi connectivity index (χ1n) is 8.75. The second-order valence-electron chi connectivity index (χ2n) is 6.46. The number of rotatable bonds is 4. The third-order valence-electron chi connectivity index (χ3n) is 4.69. The van der Waals surface area contributed by atoms with Crippen LogP contribution in [0.4, 0.5) is 0 Å². The Bertz CT molecular complexity index is 1090. The average Bonchev–Trinajstić information content (AvgIpc) is 2.97. The van der Waals surface area contributed by atoms with E-state index in [0.29, 0.717) is 28.9 Å². The molecule has 0 bridgehead atoms. The fraction of sp³-hybridized carbons (Fsp3) is 0.0435. The first-order valence-corrected chi connectivity index (χ1v) is 9.54. The quantitative estimate of drug-likeness (QED) is 0.585. The van der Waals surface area contributed by atoms with Gasteiger partial charge in [0.05, 0.1) is 17.8 Å². The molecule has 1 N–H and O–H groups in total. The van der Waals surface area contributed by atoms with E-state index < -0.39 is 5.97 Å². The van der Waals surface area contributed by atoms with Crippen LogP contribution in [-0.2, 0) is 11.3 Å². The topological polar surface area (TPSA) is 57.6 Å². The second kappa shape index (κ2) is 7.44. The molecule has 3 aromatic rings. The molecule has 0 saturated carbocycles. The molecule has 0 atom stereocenters. The lowest BCUT2D eigenvalue weighted by molar-refractivity contribution is -0.130. The molecule has 0 fully saturated rings. The van der Waals surface area contributed by atoms with Gasteiger partial charge < -0.3 is 10.0 Å². The molecule has 4 nitrogen and oxygen atoms in total. The maximum absolute atomic E-state index is 13.1. The summed E-state index contributed by atoms with van der Waals surface area (Å²) in [6, 6.07) is 23.8. The minimum atomic E-state index is -1.07. The van der Waals surface area contributed by atoms with Gasteiger partial charge in [-0.05, 0) is 29.3 Å². The number of carboxylic acids is 1. The molecule has 28 heavy (non-hydrogen) atoms. The number of amides is 1. The van der Waals surface area contributed by atoms with E-state index in [1.54, 1.807) is 47.4 Å². The molecule has 5 heteroatoms. The Morgan fingerprint density at radius 3 is 2.11 bits per heavy atom. The highest BCUT2D eigenvalue weighted by atomic mass is 79.9. The van der Waals surface area contributed by atoms with E-state index in [9.17, 15) is 14.7 Å². The smallest absolute Gasteiger partial charge is 0.338 e. The minimum absolute atomic E-state index is 0.113. The second-order valence-corrected chi connectivity index (χ2v) is 7.37. The third kappa shape index (κ3) is 3.25. The van der Waals surface area contributed by atoms with Crippen molar-refractivity contribution in [2.24, 2.45) is 0 Å². The van der Waals surface area contributed by atoms with Gasteiger partial charge in [-0.15, -0.1) is 0 Å². The molecule has 138 valence electrons. The van der Waals surface area contributed by atoms with Gasteiger partial charge in [0, 0.05) is 15.6 Å². The summed E-state index contributed by atoms with van der Waals surface area (Å²) < 4.78 is 0.857. The predicted molar refractivity (Wildman–Crippen MR) is 111 cm³/mol. The van der Waals surface area contributed by atoms with Crippen molar-refractivity contribution in [1.82, 2.24) is 4.90 Å². The lowest BCUT2D eigenvalue weighted by atomic mass is 9.98. The number of fused-ring (bicyclic) bond motifs is 1. The van der Waals surface area contributed by atoms with E-state index in [1.807, 2.05) is 36.4 Å². The number of hydrogen-bond donors (Lipinski definition) is 1. The zero-order valence-corrected chi connectivity index (χ0v) is 16.4. The first kappa shape index (κ1) is 18.2. The molecule has 1 aliphatic rings. The highest BCUT2D eigenvalue weighted by Crippen LogP contribution is 2.39.